The Morgan fingerprint density at radius 3 is 2.53 bits per heavy atom. The van der Waals surface area contributed by atoms with Crippen molar-refractivity contribution in [3.8, 4) is 0 Å². The SMILES string of the molecule is CC(C)(CNC(=O)CNC1CC1)c1ccc(Br)cc1. The Bertz CT molecular complexity index is 438. The topological polar surface area (TPSA) is 41.1 Å². The number of carbonyl (C=O) groups is 1. The molecule has 1 aliphatic carbocycles. The van der Waals surface area contributed by atoms with Crippen LogP contribution < -0.4 is 10.6 Å². The second-order valence-electron chi connectivity index (χ2n) is 5.82. The van der Waals surface area contributed by atoms with Crippen molar-refractivity contribution in [3.05, 3.63) is 34.3 Å². The average Bonchev–Trinajstić information content (AvgIpc) is 3.18. The molecule has 0 bridgehead atoms. The maximum absolute atomic E-state index is 11.7. The van der Waals surface area contributed by atoms with Crippen molar-refractivity contribution < 1.29 is 4.79 Å². The molecule has 0 spiro atoms. The van der Waals surface area contributed by atoms with E-state index in [-0.39, 0.29) is 11.3 Å². The number of hydrogen-bond acceptors (Lipinski definition) is 2. The number of rotatable bonds is 6. The standard InChI is InChI=1S/C15H21BrN2O/c1-15(2,11-3-5-12(16)6-4-11)10-18-14(19)9-17-13-7-8-13/h3-6,13,17H,7-10H2,1-2H3,(H,18,19). The maximum atomic E-state index is 11.7. The average molecular weight is 325 g/mol. The van der Waals surface area contributed by atoms with Gasteiger partial charge < -0.3 is 10.6 Å². The minimum absolute atomic E-state index is 0.0596. The molecule has 1 amide bonds. The first-order chi connectivity index (χ1) is 8.97. The number of carbonyl (C=O) groups excluding carboxylic acids is 1. The van der Waals surface area contributed by atoms with Crippen LogP contribution in [-0.4, -0.2) is 25.0 Å². The zero-order chi connectivity index (χ0) is 13.9. The van der Waals surface area contributed by atoms with Gasteiger partial charge in [0.1, 0.15) is 0 Å². The molecule has 1 aliphatic rings. The Morgan fingerprint density at radius 1 is 1.32 bits per heavy atom. The van der Waals surface area contributed by atoms with Gasteiger partial charge in [0.05, 0.1) is 6.54 Å². The van der Waals surface area contributed by atoms with Crippen LogP contribution in [-0.2, 0) is 10.2 Å². The highest BCUT2D eigenvalue weighted by Gasteiger charge is 2.23. The summed E-state index contributed by atoms with van der Waals surface area (Å²) >= 11 is 3.44. The van der Waals surface area contributed by atoms with E-state index in [4.69, 9.17) is 0 Å². The third-order valence-electron chi connectivity index (χ3n) is 3.48. The van der Waals surface area contributed by atoms with Gasteiger partial charge in [-0.05, 0) is 30.5 Å². The van der Waals surface area contributed by atoms with Gasteiger partial charge >= 0.3 is 0 Å². The summed E-state index contributed by atoms with van der Waals surface area (Å²) in [4.78, 5) is 11.7. The largest absolute Gasteiger partial charge is 0.354 e. The van der Waals surface area contributed by atoms with Crippen LogP contribution in [0.25, 0.3) is 0 Å². The van der Waals surface area contributed by atoms with Crippen LogP contribution in [0, 0.1) is 0 Å². The zero-order valence-electron chi connectivity index (χ0n) is 11.5. The quantitative estimate of drug-likeness (QED) is 0.844. The van der Waals surface area contributed by atoms with Gasteiger partial charge in [-0.15, -0.1) is 0 Å². The lowest BCUT2D eigenvalue weighted by atomic mass is 9.84. The minimum atomic E-state index is -0.0596. The smallest absolute Gasteiger partial charge is 0.233 e. The molecule has 1 aromatic carbocycles. The van der Waals surface area contributed by atoms with E-state index in [0.29, 0.717) is 19.1 Å². The van der Waals surface area contributed by atoms with Gasteiger partial charge in [0.25, 0.3) is 0 Å². The Morgan fingerprint density at radius 2 is 1.95 bits per heavy atom. The molecule has 0 aromatic heterocycles. The van der Waals surface area contributed by atoms with Crippen LogP contribution >= 0.6 is 15.9 Å². The normalized spacial score (nSPS) is 15.3. The van der Waals surface area contributed by atoms with Crippen LogP contribution in [0.5, 0.6) is 0 Å². The molecule has 2 N–H and O–H groups in total. The van der Waals surface area contributed by atoms with E-state index in [0.717, 1.165) is 4.47 Å². The fourth-order valence-electron chi connectivity index (χ4n) is 1.91. The predicted octanol–water partition coefficient (Wildman–Crippen LogP) is 2.59. The number of benzene rings is 1. The molecule has 104 valence electrons. The second kappa shape index (κ2) is 6.06. The van der Waals surface area contributed by atoms with Gasteiger partial charge in [-0.2, -0.15) is 0 Å². The highest BCUT2D eigenvalue weighted by molar-refractivity contribution is 9.10. The summed E-state index contributed by atoms with van der Waals surface area (Å²) in [7, 11) is 0. The Balaban J connectivity index is 1.82. The predicted molar refractivity (Wildman–Crippen MR) is 81.2 cm³/mol. The second-order valence-corrected chi connectivity index (χ2v) is 6.74. The van der Waals surface area contributed by atoms with Crippen molar-refractivity contribution in [2.45, 2.75) is 38.1 Å². The van der Waals surface area contributed by atoms with Crippen molar-refractivity contribution in [2.24, 2.45) is 0 Å². The van der Waals surface area contributed by atoms with Gasteiger partial charge in [-0.3, -0.25) is 4.79 Å². The number of hydrogen-bond donors (Lipinski definition) is 2. The molecule has 1 fully saturated rings. The molecule has 4 heteroatoms. The van der Waals surface area contributed by atoms with Gasteiger partial charge in [0, 0.05) is 22.5 Å². The maximum Gasteiger partial charge on any atom is 0.233 e. The van der Waals surface area contributed by atoms with E-state index < -0.39 is 0 Å². The molecule has 0 atom stereocenters. The van der Waals surface area contributed by atoms with E-state index in [2.05, 4.69) is 52.5 Å². The fourth-order valence-corrected chi connectivity index (χ4v) is 2.17. The number of amides is 1. The molecule has 3 nitrogen and oxygen atoms in total. The third-order valence-corrected chi connectivity index (χ3v) is 4.01. The lowest BCUT2D eigenvalue weighted by molar-refractivity contribution is -0.120. The number of nitrogens with one attached hydrogen (secondary N) is 2. The molecule has 1 saturated carbocycles. The minimum Gasteiger partial charge on any atom is -0.354 e. The zero-order valence-corrected chi connectivity index (χ0v) is 13.1. The van der Waals surface area contributed by atoms with Crippen LogP contribution in [0.2, 0.25) is 0 Å². The highest BCUT2D eigenvalue weighted by Crippen LogP contribution is 2.24. The molecule has 0 saturated heterocycles. The Labute approximate surface area is 123 Å². The molecular weight excluding hydrogens is 304 g/mol. The first-order valence-corrected chi connectivity index (χ1v) is 7.53. The molecule has 19 heavy (non-hydrogen) atoms. The summed E-state index contributed by atoms with van der Waals surface area (Å²) in [6.45, 7) is 5.37. The van der Waals surface area contributed by atoms with Crippen LogP contribution in [0.4, 0.5) is 0 Å². The van der Waals surface area contributed by atoms with Gasteiger partial charge in [0.2, 0.25) is 5.91 Å². The molecule has 2 rings (SSSR count). The Hall–Kier alpha value is -0.870. The fraction of sp³-hybridized carbons (Fsp3) is 0.533. The van der Waals surface area contributed by atoms with Gasteiger partial charge in [0.15, 0.2) is 0 Å². The van der Waals surface area contributed by atoms with Gasteiger partial charge in [-0.1, -0.05) is 41.9 Å². The van der Waals surface area contributed by atoms with Crippen molar-refractivity contribution in [2.75, 3.05) is 13.1 Å². The summed E-state index contributed by atoms with van der Waals surface area (Å²) in [5.41, 5.74) is 1.17. The summed E-state index contributed by atoms with van der Waals surface area (Å²) in [5.74, 6) is 0.0806. The molecule has 1 aromatic rings. The first kappa shape index (κ1) is 14.5. The monoisotopic (exact) mass is 324 g/mol. The van der Waals surface area contributed by atoms with E-state index in [1.807, 2.05) is 12.1 Å². The van der Waals surface area contributed by atoms with E-state index in [1.54, 1.807) is 0 Å². The summed E-state index contributed by atoms with van der Waals surface area (Å²) in [6.07, 6.45) is 2.41. The van der Waals surface area contributed by atoms with Crippen molar-refractivity contribution in [1.29, 1.82) is 0 Å². The van der Waals surface area contributed by atoms with E-state index in [9.17, 15) is 4.79 Å². The van der Waals surface area contributed by atoms with Crippen molar-refractivity contribution >= 4 is 21.8 Å². The number of halogens is 1. The van der Waals surface area contributed by atoms with Crippen molar-refractivity contribution in [3.63, 3.8) is 0 Å². The molecule has 0 radical (unpaired) electrons. The summed E-state index contributed by atoms with van der Waals surface area (Å²) < 4.78 is 1.07. The molecule has 0 unspecified atom stereocenters. The molecule has 0 aliphatic heterocycles. The van der Waals surface area contributed by atoms with Crippen LogP contribution in [0.1, 0.15) is 32.3 Å². The van der Waals surface area contributed by atoms with Crippen molar-refractivity contribution in [1.82, 2.24) is 10.6 Å². The van der Waals surface area contributed by atoms with Crippen LogP contribution in [0.15, 0.2) is 28.7 Å². The molecule has 0 heterocycles. The lowest BCUT2D eigenvalue weighted by Crippen LogP contribution is -2.41. The third kappa shape index (κ3) is 4.62. The lowest BCUT2D eigenvalue weighted by Gasteiger charge is -2.25. The highest BCUT2D eigenvalue weighted by atomic mass is 79.9. The van der Waals surface area contributed by atoms with Crippen LogP contribution in [0.3, 0.4) is 0 Å². The van der Waals surface area contributed by atoms with Gasteiger partial charge in [-0.25, -0.2) is 0 Å². The first-order valence-electron chi connectivity index (χ1n) is 6.73. The van der Waals surface area contributed by atoms with E-state index in [1.165, 1.54) is 18.4 Å². The Kier molecular flexibility index (Phi) is 4.63. The summed E-state index contributed by atoms with van der Waals surface area (Å²) in [5, 5.41) is 6.23. The summed E-state index contributed by atoms with van der Waals surface area (Å²) in [6, 6.07) is 8.84. The molecular formula is C15H21BrN2O. The van der Waals surface area contributed by atoms with E-state index >= 15 is 0 Å².